The highest BCUT2D eigenvalue weighted by atomic mass is 14.9. The van der Waals surface area contributed by atoms with Gasteiger partial charge in [0, 0.05) is 5.54 Å². The van der Waals surface area contributed by atoms with Gasteiger partial charge in [-0.15, -0.1) is 0 Å². The molecule has 0 aromatic rings. The van der Waals surface area contributed by atoms with Gasteiger partial charge in [-0.05, 0) is 45.6 Å². The van der Waals surface area contributed by atoms with Crippen molar-refractivity contribution in [2.75, 3.05) is 7.05 Å². The van der Waals surface area contributed by atoms with Crippen LogP contribution in [0.3, 0.4) is 0 Å². The SMILES string of the molecule is CNC(C)(C)CC(C)CC(C)C. The molecule has 74 valence electrons. The largest absolute Gasteiger partial charge is 0.315 e. The van der Waals surface area contributed by atoms with Crippen LogP contribution in [0.25, 0.3) is 0 Å². The second kappa shape index (κ2) is 4.86. The molecule has 12 heavy (non-hydrogen) atoms. The van der Waals surface area contributed by atoms with Crippen LogP contribution in [-0.2, 0) is 0 Å². The Bertz CT molecular complexity index is 116. The zero-order valence-electron chi connectivity index (χ0n) is 9.57. The van der Waals surface area contributed by atoms with Crippen LogP contribution in [0.15, 0.2) is 0 Å². The first kappa shape index (κ1) is 12.0. The van der Waals surface area contributed by atoms with Crippen LogP contribution >= 0.6 is 0 Å². The number of rotatable bonds is 5. The first-order valence-corrected chi connectivity index (χ1v) is 5.06. The van der Waals surface area contributed by atoms with Crippen molar-refractivity contribution in [3.8, 4) is 0 Å². The molecule has 1 N–H and O–H groups in total. The zero-order chi connectivity index (χ0) is 9.78. The second-order valence-electron chi connectivity index (χ2n) is 5.07. The third kappa shape index (κ3) is 5.59. The Morgan fingerprint density at radius 2 is 1.67 bits per heavy atom. The Morgan fingerprint density at radius 3 is 2.00 bits per heavy atom. The Kier molecular flexibility index (Phi) is 4.84. The van der Waals surface area contributed by atoms with Crippen molar-refractivity contribution in [3.05, 3.63) is 0 Å². The molecule has 0 aromatic heterocycles. The average Bonchev–Trinajstić information content (AvgIpc) is 1.84. The Hall–Kier alpha value is -0.0400. The molecule has 1 atom stereocenters. The van der Waals surface area contributed by atoms with Gasteiger partial charge in [0.25, 0.3) is 0 Å². The summed E-state index contributed by atoms with van der Waals surface area (Å²) in [7, 11) is 2.04. The molecular weight excluding hydrogens is 146 g/mol. The molecule has 0 aliphatic carbocycles. The van der Waals surface area contributed by atoms with Crippen LogP contribution in [-0.4, -0.2) is 12.6 Å². The summed E-state index contributed by atoms with van der Waals surface area (Å²) >= 11 is 0. The fraction of sp³-hybridized carbons (Fsp3) is 1.00. The molecule has 0 saturated heterocycles. The Morgan fingerprint density at radius 1 is 1.17 bits per heavy atom. The lowest BCUT2D eigenvalue weighted by atomic mass is 9.87. The normalized spacial score (nSPS) is 15.2. The summed E-state index contributed by atoms with van der Waals surface area (Å²) in [4.78, 5) is 0. The topological polar surface area (TPSA) is 12.0 Å². The maximum Gasteiger partial charge on any atom is 0.0124 e. The van der Waals surface area contributed by atoms with Gasteiger partial charge in [0.2, 0.25) is 0 Å². The van der Waals surface area contributed by atoms with E-state index in [0.29, 0.717) is 5.54 Å². The van der Waals surface area contributed by atoms with Gasteiger partial charge < -0.3 is 5.32 Å². The summed E-state index contributed by atoms with van der Waals surface area (Å²) in [6.07, 6.45) is 2.60. The van der Waals surface area contributed by atoms with E-state index in [-0.39, 0.29) is 0 Å². The highest BCUT2D eigenvalue weighted by Gasteiger charge is 2.18. The maximum absolute atomic E-state index is 3.35. The monoisotopic (exact) mass is 171 g/mol. The molecule has 1 unspecified atom stereocenters. The first-order valence-electron chi connectivity index (χ1n) is 5.06. The minimum absolute atomic E-state index is 0.300. The highest BCUT2D eigenvalue weighted by Crippen LogP contribution is 2.21. The van der Waals surface area contributed by atoms with Crippen molar-refractivity contribution in [1.82, 2.24) is 5.32 Å². The quantitative estimate of drug-likeness (QED) is 0.670. The summed E-state index contributed by atoms with van der Waals surface area (Å²) in [6, 6.07) is 0. The lowest BCUT2D eigenvalue weighted by molar-refractivity contribution is 0.297. The van der Waals surface area contributed by atoms with Crippen LogP contribution in [0.5, 0.6) is 0 Å². The molecule has 0 aliphatic heterocycles. The Balaban J connectivity index is 3.75. The molecule has 0 radical (unpaired) electrons. The predicted molar refractivity (Wildman–Crippen MR) is 56.4 cm³/mol. The van der Waals surface area contributed by atoms with Gasteiger partial charge >= 0.3 is 0 Å². The van der Waals surface area contributed by atoms with Crippen molar-refractivity contribution >= 4 is 0 Å². The number of nitrogens with one attached hydrogen (secondary N) is 1. The van der Waals surface area contributed by atoms with Crippen molar-refractivity contribution in [2.24, 2.45) is 11.8 Å². The highest BCUT2D eigenvalue weighted by molar-refractivity contribution is 4.77. The standard InChI is InChI=1S/C11H25N/c1-9(2)7-10(3)8-11(4,5)12-6/h9-10,12H,7-8H2,1-6H3. The summed E-state index contributed by atoms with van der Waals surface area (Å²) < 4.78 is 0. The van der Waals surface area contributed by atoms with E-state index in [1.54, 1.807) is 0 Å². The van der Waals surface area contributed by atoms with Gasteiger partial charge in [-0.3, -0.25) is 0 Å². The minimum Gasteiger partial charge on any atom is -0.315 e. The summed E-state index contributed by atoms with van der Waals surface area (Å²) in [5.74, 6) is 1.65. The van der Waals surface area contributed by atoms with Gasteiger partial charge in [-0.1, -0.05) is 20.8 Å². The number of hydrogen-bond acceptors (Lipinski definition) is 1. The van der Waals surface area contributed by atoms with E-state index in [4.69, 9.17) is 0 Å². The molecule has 0 rings (SSSR count). The summed E-state index contributed by atoms with van der Waals surface area (Å²) in [6.45, 7) is 11.5. The molecule has 0 aromatic carbocycles. The molecule has 0 amide bonds. The molecular formula is C11H25N. The van der Waals surface area contributed by atoms with Gasteiger partial charge in [0.05, 0.1) is 0 Å². The van der Waals surface area contributed by atoms with Crippen LogP contribution in [0, 0.1) is 11.8 Å². The van der Waals surface area contributed by atoms with Crippen LogP contribution < -0.4 is 5.32 Å². The summed E-state index contributed by atoms with van der Waals surface area (Å²) in [5.41, 5.74) is 0.300. The van der Waals surface area contributed by atoms with Gasteiger partial charge in [0.1, 0.15) is 0 Å². The summed E-state index contributed by atoms with van der Waals surface area (Å²) in [5, 5.41) is 3.35. The van der Waals surface area contributed by atoms with Crippen LogP contribution in [0.4, 0.5) is 0 Å². The molecule has 0 bridgehead atoms. The molecule has 1 heteroatoms. The fourth-order valence-electron chi connectivity index (χ4n) is 1.86. The van der Waals surface area contributed by atoms with E-state index in [1.807, 2.05) is 7.05 Å². The van der Waals surface area contributed by atoms with E-state index in [9.17, 15) is 0 Å². The van der Waals surface area contributed by atoms with Gasteiger partial charge in [-0.25, -0.2) is 0 Å². The lowest BCUT2D eigenvalue weighted by Crippen LogP contribution is -2.37. The van der Waals surface area contributed by atoms with Gasteiger partial charge in [-0.2, -0.15) is 0 Å². The van der Waals surface area contributed by atoms with Crippen molar-refractivity contribution in [1.29, 1.82) is 0 Å². The molecule has 0 heterocycles. The Labute approximate surface area is 77.9 Å². The zero-order valence-corrected chi connectivity index (χ0v) is 9.57. The molecule has 0 aliphatic rings. The van der Waals surface area contributed by atoms with E-state index < -0.39 is 0 Å². The average molecular weight is 171 g/mol. The number of hydrogen-bond donors (Lipinski definition) is 1. The fourth-order valence-corrected chi connectivity index (χ4v) is 1.86. The van der Waals surface area contributed by atoms with Crippen LogP contribution in [0.1, 0.15) is 47.5 Å². The molecule has 0 fully saturated rings. The smallest absolute Gasteiger partial charge is 0.0124 e. The van der Waals surface area contributed by atoms with E-state index >= 15 is 0 Å². The molecule has 0 spiro atoms. The van der Waals surface area contributed by atoms with Crippen LogP contribution in [0.2, 0.25) is 0 Å². The van der Waals surface area contributed by atoms with E-state index in [1.165, 1.54) is 12.8 Å². The second-order valence-corrected chi connectivity index (χ2v) is 5.07. The molecule has 1 nitrogen and oxygen atoms in total. The van der Waals surface area contributed by atoms with E-state index in [2.05, 4.69) is 39.9 Å². The van der Waals surface area contributed by atoms with E-state index in [0.717, 1.165) is 11.8 Å². The minimum atomic E-state index is 0.300. The third-order valence-corrected chi connectivity index (χ3v) is 2.41. The lowest BCUT2D eigenvalue weighted by Gasteiger charge is -2.28. The maximum atomic E-state index is 3.35. The van der Waals surface area contributed by atoms with Gasteiger partial charge in [0.15, 0.2) is 0 Å². The van der Waals surface area contributed by atoms with Crippen molar-refractivity contribution in [2.45, 2.75) is 53.0 Å². The third-order valence-electron chi connectivity index (χ3n) is 2.41. The van der Waals surface area contributed by atoms with Crippen molar-refractivity contribution < 1.29 is 0 Å². The molecule has 0 saturated carbocycles. The van der Waals surface area contributed by atoms with Crippen molar-refractivity contribution in [3.63, 3.8) is 0 Å². The first-order chi connectivity index (χ1) is 5.37. The predicted octanol–water partition coefficient (Wildman–Crippen LogP) is 3.06.